The van der Waals surface area contributed by atoms with Crippen LogP contribution in [0.5, 0.6) is 0 Å². The summed E-state index contributed by atoms with van der Waals surface area (Å²) in [6.45, 7) is 9.62. The largest absolute Gasteiger partial charge is 0.486 e. The monoisotopic (exact) mass is 901 g/mol. The molecule has 4 aromatic heterocycles. The van der Waals surface area contributed by atoms with Crippen molar-refractivity contribution in [2.45, 2.75) is 64.2 Å². The number of rotatable bonds is 6. The van der Waals surface area contributed by atoms with Gasteiger partial charge in [-0.1, -0.05) is 68.1 Å². The molecule has 6 heteroatoms. The Morgan fingerprint density at radius 2 is 1.54 bits per heavy atom. The number of nitrogens with zero attached hydrogens (tertiary/aromatic N) is 3. The molecule has 7 aromatic rings. The maximum atomic E-state index is 8.60. The zero-order chi connectivity index (χ0) is 37.5. The summed E-state index contributed by atoms with van der Waals surface area (Å²) in [6.07, 6.45) is 3.99. The van der Waals surface area contributed by atoms with E-state index in [-0.39, 0.29) is 20.1 Å². The second-order valence-corrected chi connectivity index (χ2v) is 25.2. The topological polar surface area (TPSA) is 51.8 Å². The number of hydrogen-bond donors (Lipinski definition) is 0. The standard InChI is InChI=1S/C27H23N2O.C17H22GeN.Ir/c1-27(2,3)16-18-11-12-28-24(13-18)20-9-10-25-22(14-20)23-15-21(17-29-26(23)30-25)19-7-5-4-6-8-19;1-13(2)15-11-17(14-9-7-6-8-10-14)19-12-16(15)18(3,4)5;/h4-8,10-15,17H,16H2,1-3H3;6-9,11-13H,1-5H3;/q2*-1;/i16D2;13D;. The first-order chi connectivity index (χ1) is 24.4. The van der Waals surface area contributed by atoms with E-state index >= 15 is 0 Å². The number of hydrogen-bond acceptors (Lipinski definition) is 4. The fourth-order valence-corrected chi connectivity index (χ4v) is 9.11. The van der Waals surface area contributed by atoms with Crippen LogP contribution in [0.1, 0.15) is 55.8 Å². The van der Waals surface area contributed by atoms with Crippen molar-refractivity contribution in [2.75, 3.05) is 0 Å². The normalized spacial score (nSPS) is 13.1. The third-order valence-electron chi connectivity index (χ3n) is 8.16. The second-order valence-electron chi connectivity index (χ2n) is 14.6. The Hall–Kier alpha value is -3.90. The molecule has 1 radical (unpaired) electrons. The maximum Gasteiger partial charge on any atom is 0.216 e. The van der Waals surface area contributed by atoms with Crippen molar-refractivity contribution < 1.29 is 28.6 Å². The van der Waals surface area contributed by atoms with Gasteiger partial charge in [0.1, 0.15) is 0 Å². The first-order valence-corrected chi connectivity index (χ1v) is 24.0. The minimum absolute atomic E-state index is 0. The summed E-state index contributed by atoms with van der Waals surface area (Å²) in [4.78, 5) is 13.6. The average molecular weight is 900 g/mol. The van der Waals surface area contributed by atoms with E-state index in [2.05, 4.69) is 68.6 Å². The van der Waals surface area contributed by atoms with Crippen molar-refractivity contribution in [2.24, 2.45) is 5.41 Å². The molecule has 257 valence electrons. The molecule has 50 heavy (non-hydrogen) atoms. The van der Waals surface area contributed by atoms with E-state index in [1.165, 1.54) is 4.40 Å². The molecule has 3 aromatic carbocycles. The molecule has 0 aliphatic rings. The summed E-state index contributed by atoms with van der Waals surface area (Å²) in [6, 6.07) is 36.0. The van der Waals surface area contributed by atoms with Gasteiger partial charge in [0.05, 0.1) is 5.58 Å². The molecular formula is C44H45GeIrN3O-2. The second kappa shape index (κ2) is 15.6. The maximum absolute atomic E-state index is 8.60. The number of fused-ring (bicyclic) bond motifs is 3. The van der Waals surface area contributed by atoms with Crippen molar-refractivity contribution in [3.63, 3.8) is 0 Å². The predicted molar refractivity (Wildman–Crippen MR) is 208 cm³/mol. The Bertz CT molecular complexity index is 2340. The first kappa shape index (κ1) is 33.3. The molecule has 0 aliphatic heterocycles. The Morgan fingerprint density at radius 1 is 0.800 bits per heavy atom. The summed E-state index contributed by atoms with van der Waals surface area (Å²) in [5.74, 6) is 6.45. The van der Waals surface area contributed by atoms with Gasteiger partial charge in [0.15, 0.2) is 0 Å². The van der Waals surface area contributed by atoms with Crippen LogP contribution < -0.4 is 4.40 Å². The Balaban J connectivity index is 0.000000223. The van der Waals surface area contributed by atoms with Crippen LogP contribution in [0.2, 0.25) is 17.3 Å². The molecule has 7 rings (SSSR count). The molecule has 0 unspecified atom stereocenters. The van der Waals surface area contributed by atoms with Gasteiger partial charge in [-0.15, -0.1) is 23.8 Å². The van der Waals surface area contributed by atoms with Crippen molar-refractivity contribution in [1.82, 2.24) is 15.0 Å². The summed E-state index contributed by atoms with van der Waals surface area (Å²) < 4.78 is 32.9. The molecule has 0 N–H and O–H groups in total. The fraction of sp³-hybridized carbons (Fsp3) is 0.250. The van der Waals surface area contributed by atoms with Crippen molar-refractivity contribution >= 4 is 39.7 Å². The van der Waals surface area contributed by atoms with Gasteiger partial charge in [0, 0.05) is 46.2 Å². The molecule has 4 heterocycles. The molecular weight excluding hydrogens is 851 g/mol. The molecule has 4 nitrogen and oxygen atoms in total. The molecule has 0 atom stereocenters. The predicted octanol–water partition coefficient (Wildman–Crippen LogP) is 11.3. The van der Waals surface area contributed by atoms with Gasteiger partial charge in [-0.2, -0.15) is 0 Å². The number of pyridine rings is 3. The molecule has 0 aliphatic carbocycles. The smallest absolute Gasteiger partial charge is 0.216 e. The molecule has 0 bridgehead atoms. The van der Waals surface area contributed by atoms with Crippen LogP contribution in [0.4, 0.5) is 0 Å². The summed E-state index contributed by atoms with van der Waals surface area (Å²) in [5, 5.41) is 1.86. The molecule has 0 spiro atoms. The van der Waals surface area contributed by atoms with Gasteiger partial charge in [-0.25, -0.2) is 4.98 Å². The third kappa shape index (κ3) is 8.87. The van der Waals surface area contributed by atoms with E-state index in [1.807, 2.05) is 102 Å². The number of furan rings is 1. The van der Waals surface area contributed by atoms with Gasteiger partial charge in [-0.3, -0.25) is 0 Å². The minimum atomic E-state index is -2.03. The molecule has 0 fully saturated rings. The summed E-state index contributed by atoms with van der Waals surface area (Å²) in [5.41, 5.74) is 7.96. The van der Waals surface area contributed by atoms with Crippen LogP contribution in [-0.4, -0.2) is 28.2 Å². The van der Waals surface area contributed by atoms with Crippen LogP contribution in [0.3, 0.4) is 0 Å². The van der Waals surface area contributed by atoms with Crippen molar-refractivity contribution in [1.29, 1.82) is 0 Å². The Labute approximate surface area is 317 Å². The zero-order valence-electron chi connectivity index (χ0n) is 33.0. The van der Waals surface area contributed by atoms with E-state index in [1.54, 1.807) is 18.3 Å². The molecule has 0 saturated carbocycles. The quantitative estimate of drug-likeness (QED) is 0.123. The van der Waals surface area contributed by atoms with E-state index in [0.717, 1.165) is 44.3 Å². The van der Waals surface area contributed by atoms with Gasteiger partial charge in [0.2, 0.25) is 5.71 Å². The Morgan fingerprint density at radius 3 is 2.22 bits per heavy atom. The number of aromatic nitrogens is 3. The van der Waals surface area contributed by atoms with Gasteiger partial charge in [0.25, 0.3) is 0 Å². The molecule has 0 saturated heterocycles. The first-order valence-electron chi connectivity index (χ1n) is 18.2. The van der Waals surface area contributed by atoms with Crippen LogP contribution in [-0.2, 0) is 26.5 Å². The van der Waals surface area contributed by atoms with Gasteiger partial charge < -0.3 is 9.40 Å². The zero-order valence-corrected chi connectivity index (χ0v) is 34.5. The average Bonchev–Trinajstić information content (AvgIpc) is 3.48. The minimum Gasteiger partial charge on any atom is -0.486 e. The number of benzene rings is 3. The van der Waals surface area contributed by atoms with E-state index in [0.29, 0.717) is 22.6 Å². The van der Waals surface area contributed by atoms with E-state index in [9.17, 15) is 0 Å². The van der Waals surface area contributed by atoms with E-state index < -0.39 is 30.9 Å². The van der Waals surface area contributed by atoms with Crippen LogP contribution in [0.25, 0.3) is 55.7 Å². The van der Waals surface area contributed by atoms with Gasteiger partial charge in [-0.05, 0) is 35.2 Å². The summed E-state index contributed by atoms with van der Waals surface area (Å²) >= 11 is -2.03. The van der Waals surface area contributed by atoms with Crippen molar-refractivity contribution in [3.05, 3.63) is 133 Å². The van der Waals surface area contributed by atoms with Crippen LogP contribution in [0.15, 0.2) is 114 Å². The van der Waals surface area contributed by atoms with Crippen LogP contribution in [0, 0.1) is 17.5 Å². The Kier molecular flexibility index (Phi) is 10.3. The summed E-state index contributed by atoms with van der Waals surface area (Å²) in [7, 11) is 0. The molecule has 0 amide bonds. The third-order valence-corrected chi connectivity index (χ3v) is 12.4. The van der Waals surface area contributed by atoms with Gasteiger partial charge >= 0.3 is 120 Å². The fourth-order valence-electron chi connectivity index (χ4n) is 5.80. The van der Waals surface area contributed by atoms with Crippen LogP contribution >= 0.6 is 0 Å². The van der Waals surface area contributed by atoms with Crippen molar-refractivity contribution in [3.8, 4) is 33.6 Å². The van der Waals surface area contributed by atoms with E-state index in [4.69, 9.17) is 8.53 Å². The SMILES string of the molecule is [2H]C(C)(C)c1cc(-c2[c-]cccc2)nc[c]1[Ge]([CH3])([CH3])[CH3].[2H]C([2H])(c1ccnc(-c2[c-]cc3oc4ncc(-c5ccccc5)cc4c3c2)c1)C(C)(C)C.[Ir].